The molecule has 0 aromatic carbocycles. The molecule has 0 aliphatic heterocycles. The molecular weight excluding hydrogens is 793 g/mol. The summed E-state index contributed by atoms with van der Waals surface area (Å²) >= 11 is 0. The Morgan fingerprint density at radius 2 is 0.516 bits per heavy atom. The van der Waals surface area contributed by atoms with Gasteiger partial charge in [0.05, 0.1) is 0 Å². The maximum atomic E-state index is 12.8. The van der Waals surface area contributed by atoms with Crippen LogP contribution in [0.3, 0.4) is 0 Å². The van der Waals surface area contributed by atoms with E-state index < -0.39 is 6.10 Å². The van der Waals surface area contributed by atoms with Gasteiger partial charge in [0, 0.05) is 19.3 Å². The van der Waals surface area contributed by atoms with Crippen molar-refractivity contribution in [3.63, 3.8) is 0 Å². The zero-order valence-corrected chi connectivity index (χ0v) is 43.9. The van der Waals surface area contributed by atoms with Gasteiger partial charge in [0.1, 0.15) is 13.2 Å². The van der Waals surface area contributed by atoms with Gasteiger partial charge in [0.25, 0.3) is 0 Å². The fraction of sp³-hybridized carbons (Fsp3) is 0.948. The second-order valence-electron chi connectivity index (χ2n) is 20.9. The van der Waals surface area contributed by atoms with Crippen molar-refractivity contribution in [2.45, 2.75) is 330 Å². The minimum atomic E-state index is -0.763. The normalized spacial score (nSPS) is 12.0. The van der Waals surface area contributed by atoms with Crippen molar-refractivity contribution in [3.05, 3.63) is 0 Å². The van der Waals surface area contributed by atoms with Crippen molar-refractivity contribution >= 4 is 17.9 Å². The van der Waals surface area contributed by atoms with Crippen molar-refractivity contribution < 1.29 is 28.6 Å². The molecule has 0 aliphatic carbocycles. The molecular formula is C58H112O6. The van der Waals surface area contributed by atoms with Crippen molar-refractivity contribution in [2.24, 2.45) is 11.8 Å². The van der Waals surface area contributed by atoms with Crippen LogP contribution in [-0.2, 0) is 28.6 Å². The molecule has 0 saturated heterocycles. The van der Waals surface area contributed by atoms with E-state index in [2.05, 4.69) is 34.6 Å². The minimum absolute atomic E-state index is 0.0633. The summed E-state index contributed by atoms with van der Waals surface area (Å²) < 4.78 is 16.9. The van der Waals surface area contributed by atoms with Gasteiger partial charge >= 0.3 is 17.9 Å². The van der Waals surface area contributed by atoms with Crippen LogP contribution in [-0.4, -0.2) is 37.2 Å². The molecule has 0 fully saturated rings. The Morgan fingerprint density at radius 1 is 0.297 bits per heavy atom. The van der Waals surface area contributed by atoms with Crippen molar-refractivity contribution in [1.29, 1.82) is 0 Å². The first-order chi connectivity index (χ1) is 31.2. The number of ether oxygens (including phenoxy) is 3. The molecule has 380 valence electrons. The Labute approximate surface area is 399 Å². The van der Waals surface area contributed by atoms with E-state index in [1.54, 1.807) is 0 Å². The Bertz CT molecular complexity index is 978. The summed E-state index contributed by atoms with van der Waals surface area (Å²) in [6, 6.07) is 0. The zero-order chi connectivity index (χ0) is 46.8. The molecule has 0 N–H and O–H groups in total. The molecule has 64 heavy (non-hydrogen) atoms. The topological polar surface area (TPSA) is 78.9 Å². The molecule has 0 amide bonds. The molecule has 0 heterocycles. The molecule has 0 aromatic rings. The summed E-state index contributed by atoms with van der Waals surface area (Å²) in [5, 5.41) is 0. The number of hydrogen-bond acceptors (Lipinski definition) is 6. The lowest BCUT2D eigenvalue weighted by molar-refractivity contribution is -0.167. The quantitative estimate of drug-likeness (QED) is 0.0344. The first-order valence-corrected chi connectivity index (χ1v) is 28.7. The van der Waals surface area contributed by atoms with E-state index in [9.17, 15) is 14.4 Å². The molecule has 0 bridgehead atoms. The molecule has 0 spiro atoms. The van der Waals surface area contributed by atoms with Gasteiger partial charge in [-0.05, 0) is 31.1 Å². The fourth-order valence-corrected chi connectivity index (χ4v) is 8.87. The van der Waals surface area contributed by atoms with E-state index in [1.165, 1.54) is 212 Å². The predicted octanol–water partition coefficient (Wildman–Crippen LogP) is 18.9. The number of hydrogen-bond donors (Lipinski definition) is 0. The van der Waals surface area contributed by atoms with Gasteiger partial charge in [-0.1, -0.05) is 285 Å². The molecule has 0 aliphatic rings. The highest BCUT2D eigenvalue weighted by Crippen LogP contribution is 2.18. The Kier molecular flexibility index (Phi) is 49.6. The summed E-state index contributed by atoms with van der Waals surface area (Å²) in [5.41, 5.74) is 0. The highest BCUT2D eigenvalue weighted by Gasteiger charge is 2.19. The van der Waals surface area contributed by atoms with Crippen LogP contribution >= 0.6 is 0 Å². The maximum Gasteiger partial charge on any atom is 0.306 e. The first kappa shape index (κ1) is 62.4. The van der Waals surface area contributed by atoms with Crippen LogP contribution in [0.4, 0.5) is 0 Å². The predicted molar refractivity (Wildman–Crippen MR) is 275 cm³/mol. The first-order valence-electron chi connectivity index (χ1n) is 28.7. The molecule has 6 heteroatoms. The van der Waals surface area contributed by atoms with Crippen LogP contribution in [0.2, 0.25) is 0 Å². The highest BCUT2D eigenvalue weighted by atomic mass is 16.6. The lowest BCUT2D eigenvalue weighted by Crippen LogP contribution is -2.30. The fourth-order valence-electron chi connectivity index (χ4n) is 8.87. The molecule has 6 nitrogen and oxygen atoms in total. The van der Waals surface area contributed by atoms with Crippen LogP contribution in [0.5, 0.6) is 0 Å². The lowest BCUT2D eigenvalue weighted by Gasteiger charge is -2.18. The van der Waals surface area contributed by atoms with Gasteiger partial charge in [0.2, 0.25) is 0 Å². The lowest BCUT2D eigenvalue weighted by atomic mass is 10.0. The molecule has 0 rings (SSSR count). The average molecular weight is 906 g/mol. The molecule has 1 atom stereocenters. The highest BCUT2D eigenvalue weighted by molar-refractivity contribution is 5.71. The van der Waals surface area contributed by atoms with Crippen LogP contribution in [0.25, 0.3) is 0 Å². The van der Waals surface area contributed by atoms with Gasteiger partial charge in [0.15, 0.2) is 6.10 Å². The largest absolute Gasteiger partial charge is 0.462 e. The number of esters is 3. The molecule has 0 aromatic heterocycles. The van der Waals surface area contributed by atoms with Crippen LogP contribution < -0.4 is 0 Å². The summed E-state index contributed by atoms with van der Waals surface area (Å²) in [6.07, 6.45) is 53.9. The number of unbranched alkanes of at least 4 members (excludes halogenated alkanes) is 37. The van der Waals surface area contributed by atoms with Gasteiger partial charge in [-0.2, -0.15) is 0 Å². The van der Waals surface area contributed by atoms with E-state index in [-0.39, 0.29) is 31.1 Å². The summed E-state index contributed by atoms with van der Waals surface area (Å²) in [4.78, 5) is 38.1. The third-order valence-corrected chi connectivity index (χ3v) is 13.2. The number of carbonyl (C=O) groups excluding carboxylic acids is 3. The number of carbonyl (C=O) groups is 3. The minimum Gasteiger partial charge on any atom is -0.462 e. The maximum absolute atomic E-state index is 12.8. The van der Waals surface area contributed by atoms with Crippen LogP contribution in [0.15, 0.2) is 0 Å². The van der Waals surface area contributed by atoms with E-state index in [4.69, 9.17) is 14.2 Å². The van der Waals surface area contributed by atoms with Crippen molar-refractivity contribution in [3.8, 4) is 0 Å². The molecule has 0 saturated carbocycles. The van der Waals surface area contributed by atoms with Crippen LogP contribution in [0, 0.1) is 11.8 Å². The van der Waals surface area contributed by atoms with E-state index in [0.29, 0.717) is 19.3 Å². The third-order valence-electron chi connectivity index (χ3n) is 13.2. The van der Waals surface area contributed by atoms with E-state index in [1.807, 2.05) is 0 Å². The number of rotatable bonds is 52. The molecule has 0 radical (unpaired) electrons. The Balaban J connectivity index is 4.23. The summed E-state index contributed by atoms with van der Waals surface area (Å²) in [7, 11) is 0. The van der Waals surface area contributed by atoms with E-state index in [0.717, 1.165) is 69.6 Å². The summed E-state index contributed by atoms with van der Waals surface area (Å²) in [6.45, 7) is 11.4. The SMILES string of the molecule is CCCCCCCCCCCCCCCCCCC(=O)OC[C@@H](COC(=O)CCCCCCCCCCCCCCCCCCC(C)C)OC(=O)CCCCCCCCCCC(C)C. The average Bonchev–Trinajstić information content (AvgIpc) is 3.27. The van der Waals surface area contributed by atoms with Gasteiger partial charge < -0.3 is 14.2 Å². The van der Waals surface area contributed by atoms with Gasteiger partial charge in [-0.15, -0.1) is 0 Å². The zero-order valence-electron chi connectivity index (χ0n) is 43.9. The smallest absolute Gasteiger partial charge is 0.306 e. The van der Waals surface area contributed by atoms with E-state index >= 15 is 0 Å². The van der Waals surface area contributed by atoms with Crippen LogP contribution in [0.1, 0.15) is 324 Å². The Hall–Kier alpha value is -1.59. The second-order valence-corrected chi connectivity index (χ2v) is 20.9. The summed E-state index contributed by atoms with van der Waals surface area (Å²) in [5.74, 6) is 0.804. The third kappa shape index (κ3) is 51.4. The monoisotopic (exact) mass is 905 g/mol. The Morgan fingerprint density at radius 3 is 0.766 bits per heavy atom. The van der Waals surface area contributed by atoms with Crippen molar-refractivity contribution in [2.75, 3.05) is 13.2 Å². The van der Waals surface area contributed by atoms with Crippen molar-refractivity contribution in [1.82, 2.24) is 0 Å². The second kappa shape index (κ2) is 50.8. The standard InChI is InChI=1S/C58H112O6/c1-6-7-8-9-10-11-12-13-14-18-21-24-27-33-38-43-48-56(59)62-51-55(64-58(61)50-45-40-35-30-29-32-37-42-47-54(4)5)52-63-57(60)49-44-39-34-28-25-22-19-16-15-17-20-23-26-31-36-41-46-53(2)3/h53-55H,6-52H2,1-5H3/t55-/m0/s1. The van der Waals surface area contributed by atoms with Gasteiger partial charge in [-0.25, -0.2) is 0 Å². The molecule has 0 unspecified atom stereocenters. The van der Waals surface area contributed by atoms with Gasteiger partial charge in [-0.3, -0.25) is 14.4 Å².